The number of aromatic hydroxyl groups is 1. The van der Waals surface area contributed by atoms with E-state index < -0.39 is 0 Å². The maximum absolute atomic E-state index is 11.7. The Morgan fingerprint density at radius 3 is 2.72 bits per heavy atom. The number of phenolic OH excluding ortho intramolecular Hbond substituents is 1. The Hall–Kier alpha value is -1.56. The molecular formula is C12H13BrN2O3. The van der Waals surface area contributed by atoms with E-state index in [-0.39, 0.29) is 30.2 Å². The molecule has 1 fully saturated rings. The van der Waals surface area contributed by atoms with Crippen molar-refractivity contribution >= 4 is 27.7 Å². The number of amides is 2. The lowest BCUT2D eigenvalue weighted by Gasteiger charge is -2.06. The monoisotopic (exact) mass is 312 g/mol. The Balaban J connectivity index is 1.86. The number of hydrogen-bond acceptors (Lipinski definition) is 3. The number of benzene rings is 1. The fraction of sp³-hybridized carbons (Fsp3) is 0.333. The second-order valence-electron chi connectivity index (χ2n) is 4.19. The fourth-order valence-corrected chi connectivity index (χ4v) is 1.67. The van der Waals surface area contributed by atoms with Crippen LogP contribution in [0.15, 0.2) is 22.7 Å². The minimum atomic E-state index is -0.385. The van der Waals surface area contributed by atoms with Crippen LogP contribution in [0.3, 0.4) is 0 Å². The van der Waals surface area contributed by atoms with Crippen LogP contribution in [0.25, 0.3) is 0 Å². The van der Waals surface area contributed by atoms with Gasteiger partial charge in [-0.25, -0.2) is 0 Å². The Morgan fingerprint density at radius 1 is 1.39 bits per heavy atom. The van der Waals surface area contributed by atoms with Gasteiger partial charge in [-0.2, -0.15) is 0 Å². The SMILES string of the molecule is O=C(CNC(=O)c1ccc(Br)c(O)c1)NC1CC1. The first-order chi connectivity index (χ1) is 8.56. The molecule has 0 atom stereocenters. The first-order valence-electron chi connectivity index (χ1n) is 5.62. The maximum atomic E-state index is 11.7. The van der Waals surface area contributed by atoms with Crippen molar-refractivity contribution in [3.8, 4) is 5.75 Å². The normalized spacial score (nSPS) is 14.1. The van der Waals surface area contributed by atoms with Gasteiger partial charge in [-0.05, 0) is 47.0 Å². The molecule has 0 aromatic heterocycles. The maximum Gasteiger partial charge on any atom is 0.251 e. The third-order valence-electron chi connectivity index (χ3n) is 2.56. The third-order valence-corrected chi connectivity index (χ3v) is 3.23. The van der Waals surface area contributed by atoms with Gasteiger partial charge < -0.3 is 15.7 Å². The van der Waals surface area contributed by atoms with Crippen molar-refractivity contribution in [2.45, 2.75) is 18.9 Å². The van der Waals surface area contributed by atoms with Crippen molar-refractivity contribution in [1.82, 2.24) is 10.6 Å². The molecular weight excluding hydrogens is 300 g/mol. The lowest BCUT2D eigenvalue weighted by Crippen LogP contribution is -2.37. The molecule has 18 heavy (non-hydrogen) atoms. The molecule has 2 amide bonds. The molecule has 0 radical (unpaired) electrons. The van der Waals surface area contributed by atoms with Crippen molar-refractivity contribution in [3.63, 3.8) is 0 Å². The number of carbonyl (C=O) groups is 2. The van der Waals surface area contributed by atoms with E-state index in [0.717, 1.165) is 12.8 Å². The number of nitrogens with one attached hydrogen (secondary N) is 2. The van der Waals surface area contributed by atoms with Crippen LogP contribution < -0.4 is 10.6 Å². The summed E-state index contributed by atoms with van der Waals surface area (Å²) in [6.07, 6.45) is 2.03. The van der Waals surface area contributed by atoms with Gasteiger partial charge in [0, 0.05) is 11.6 Å². The smallest absolute Gasteiger partial charge is 0.251 e. The van der Waals surface area contributed by atoms with Gasteiger partial charge in [-0.15, -0.1) is 0 Å². The highest BCUT2D eigenvalue weighted by atomic mass is 79.9. The Bertz CT molecular complexity index is 486. The van der Waals surface area contributed by atoms with Crippen molar-refractivity contribution in [2.75, 3.05) is 6.54 Å². The van der Waals surface area contributed by atoms with Crippen molar-refractivity contribution in [1.29, 1.82) is 0 Å². The van der Waals surface area contributed by atoms with Gasteiger partial charge in [-0.1, -0.05) is 0 Å². The average Bonchev–Trinajstić information content (AvgIpc) is 3.13. The quantitative estimate of drug-likeness (QED) is 0.780. The zero-order chi connectivity index (χ0) is 13.1. The molecule has 0 bridgehead atoms. The largest absolute Gasteiger partial charge is 0.507 e. The molecule has 5 nitrogen and oxygen atoms in total. The van der Waals surface area contributed by atoms with Gasteiger partial charge in [0.05, 0.1) is 11.0 Å². The molecule has 1 aromatic carbocycles. The summed E-state index contributed by atoms with van der Waals surface area (Å²) in [5.74, 6) is -0.582. The van der Waals surface area contributed by atoms with E-state index in [1.54, 1.807) is 12.1 Å². The number of carbonyl (C=O) groups excluding carboxylic acids is 2. The zero-order valence-electron chi connectivity index (χ0n) is 9.57. The summed E-state index contributed by atoms with van der Waals surface area (Å²) < 4.78 is 0.519. The number of hydrogen-bond donors (Lipinski definition) is 3. The van der Waals surface area contributed by atoms with Crippen LogP contribution >= 0.6 is 15.9 Å². The molecule has 1 aliphatic rings. The highest BCUT2D eigenvalue weighted by Crippen LogP contribution is 2.24. The molecule has 3 N–H and O–H groups in total. The van der Waals surface area contributed by atoms with Crippen LogP contribution in [0.1, 0.15) is 23.2 Å². The van der Waals surface area contributed by atoms with Crippen LogP contribution in [0.5, 0.6) is 5.75 Å². The lowest BCUT2D eigenvalue weighted by atomic mass is 10.2. The highest BCUT2D eigenvalue weighted by Gasteiger charge is 2.23. The van der Waals surface area contributed by atoms with Crippen molar-refractivity contribution in [2.24, 2.45) is 0 Å². The molecule has 6 heteroatoms. The van der Waals surface area contributed by atoms with E-state index in [9.17, 15) is 14.7 Å². The third kappa shape index (κ3) is 3.46. The summed E-state index contributed by atoms with van der Waals surface area (Å²) in [5, 5.41) is 14.7. The van der Waals surface area contributed by atoms with Crippen LogP contribution in [0.2, 0.25) is 0 Å². The van der Waals surface area contributed by atoms with E-state index in [1.165, 1.54) is 6.07 Å². The summed E-state index contributed by atoms with van der Waals surface area (Å²) in [6, 6.07) is 4.77. The van der Waals surface area contributed by atoms with Crippen molar-refractivity contribution < 1.29 is 14.7 Å². The summed E-state index contributed by atoms with van der Waals surface area (Å²) >= 11 is 3.13. The number of rotatable bonds is 4. The first-order valence-corrected chi connectivity index (χ1v) is 6.41. The molecule has 0 saturated heterocycles. The highest BCUT2D eigenvalue weighted by molar-refractivity contribution is 9.10. The van der Waals surface area contributed by atoms with Gasteiger partial charge in [-0.3, -0.25) is 9.59 Å². The predicted octanol–water partition coefficient (Wildman–Crippen LogP) is 1.16. The molecule has 0 aliphatic heterocycles. The Morgan fingerprint density at radius 2 is 2.11 bits per heavy atom. The van der Waals surface area contributed by atoms with Crippen LogP contribution in [-0.2, 0) is 4.79 Å². The van der Waals surface area contributed by atoms with Gasteiger partial charge in [0.25, 0.3) is 5.91 Å². The predicted molar refractivity (Wildman–Crippen MR) is 69.3 cm³/mol. The fourth-order valence-electron chi connectivity index (χ4n) is 1.42. The molecule has 0 unspecified atom stereocenters. The molecule has 1 aromatic rings. The molecule has 1 saturated carbocycles. The Kier molecular flexibility index (Phi) is 3.86. The molecule has 0 spiro atoms. The average molecular weight is 313 g/mol. The topological polar surface area (TPSA) is 78.4 Å². The van der Waals surface area contributed by atoms with E-state index in [4.69, 9.17) is 0 Å². The van der Waals surface area contributed by atoms with Gasteiger partial charge >= 0.3 is 0 Å². The standard InChI is InChI=1S/C12H13BrN2O3/c13-9-4-1-7(5-10(9)16)12(18)14-6-11(17)15-8-2-3-8/h1,4-5,8,16H,2-3,6H2,(H,14,18)(H,15,17). The van der Waals surface area contributed by atoms with Crippen LogP contribution in [-0.4, -0.2) is 29.5 Å². The summed E-state index contributed by atoms with van der Waals surface area (Å²) in [6.45, 7) is -0.0494. The zero-order valence-corrected chi connectivity index (χ0v) is 11.2. The van der Waals surface area contributed by atoms with E-state index in [1.807, 2.05) is 0 Å². The van der Waals surface area contributed by atoms with E-state index in [0.29, 0.717) is 10.0 Å². The summed E-state index contributed by atoms with van der Waals surface area (Å²) in [4.78, 5) is 23.1. The minimum Gasteiger partial charge on any atom is -0.507 e. The summed E-state index contributed by atoms with van der Waals surface area (Å²) in [5.41, 5.74) is 0.315. The second-order valence-corrected chi connectivity index (χ2v) is 5.04. The molecule has 96 valence electrons. The molecule has 1 aliphatic carbocycles. The van der Waals surface area contributed by atoms with E-state index in [2.05, 4.69) is 26.6 Å². The number of phenols is 1. The summed E-state index contributed by atoms with van der Waals surface area (Å²) in [7, 11) is 0. The van der Waals surface area contributed by atoms with Gasteiger partial charge in [0.15, 0.2) is 0 Å². The van der Waals surface area contributed by atoms with Crippen LogP contribution in [0.4, 0.5) is 0 Å². The van der Waals surface area contributed by atoms with Gasteiger partial charge in [0.2, 0.25) is 5.91 Å². The van der Waals surface area contributed by atoms with Gasteiger partial charge in [0.1, 0.15) is 5.75 Å². The second kappa shape index (κ2) is 5.39. The van der Waals surface area contributed by atoms with Crippen molar-refractivity contribution in [3.05, 3.63) is 28.2 Å². The molecule has 2 rings (SSSR count). The van der Waals surface area contributed by atoms with E-state index >= 15 is 0 Å². The lowest BCUT2D eigenvalue weighted by molar-refractivity contribution is -0.120. The van der Waals surface area contributed by atoms with Crippen LogP contribution in [0, 0.1) is 0 Å². The first kappa shape index (κ1) is 12.9. The minimum absolute atomic E-state index is 0.00918. The number of halogens is 1. The Labute approximate surface area is 113 Å². The molecule has 0 heterocycles.